The number of methoxy groups -OCH3 is 1. The van der Waals surface area contributed by atoms with Crippen LogP contribution in [0.15, 0.2) is 64.9 Å². The minimum absolute atomic E-state index is 0.00764. The molecule has 0 fully saturated rings. The van der Waals surface area contributed by atoms with E-state index in [1.54, 1.807) is 24.5 Å². The Labute approximate surface area is 190 Å². The molecule has 1 N–H and O–H groups in total. The molecule has 1 aliphatic heterocycles. The van der Waals surface area contributed by atoms with Crippen LogP contribution in [-0.4, -0.2) is 35.6 Å². The van der Waals surface area contributed by atoms with E-state index in [4.69, 9.17) is 4.74 Å². The molecule has 2 heterocycles. The summed E-state index contributed by atoms with van der Waals surface area (Å²) in [7, 11) is 1.64. The molecule has 1 aromatic heterocycles. The molecule has 3 aromatic rings. The quantitative estimate of drug-likeness (QED) is 0.543. The molecule has 1 aliphatic rings. The molecule has 31 heavy (non-hydrogen) atoms. The van der Waals surface area contributed by atoms with Gasteiger partial charge in [-0.1, -0.05) is 18.2 Å². The van der Waals surface area contributed by atoms with Crippen LogP contribution in [0.3, 0.4) is 0 Å². The van der Waals surface area contributed by atoms with Crippen LogP contribution in [0, 0.1) is 0 Å². The van der Waals surface area contributed by atoms with Gasteiger partial charge in [0.2, 0.25) is 5.91 Å². The molecule has 160 valence electrons. The van der Waals surface area contributed by atoms with Gasteiger partial charge in [-0.15, -0.1) is 23.1 Å². The smallest absolute Gasteiger partial charge is 0.254 e. The van der Waals surface area contributed by atoms with Crippen LogP contribution in [-0.2, 0) is 17.8 Å². The number of hydrogen-bond donors (Lipinski definition) is 1. The van der Waals surface area contributed by atoms with Crippen molar-refractivity contribution in [3.63, 3.8) is 0 Å². The zero-order chi connectivity index (χ0) is 21.8. The van der Waals surface area contributed by atoms with Gasteiger partial charge in [-0.3, -0.25) is 9.59 Å². The number of thioether (sulfide) groups is 1. The molecule has 4 rings (SSSR count). The average molecular weight is 453 g/mol. The fourth-order valence-corrected chi connectivity index (χ4v) is 5.18. The Kier molecular flexibility index (Phi) is 6.63. The van der Waals surface area contributed by atoms with Gasteiger partial charge in [-0.05, 0) is 54.3 Å². The van der Waals surface area contributed by atoms with Crippen LogP contribution in [0.5, 0.6) is 5.75 Å². The van der Waals surface area contributed by atoms with Gasteiger partial charge in [0.1, 0.15) is 5.75 Å². The van der Waals surface area contributed by atoms with E-state index >= 15 is 0 Å². The summed E-state index contributed by atoms with van der Waals surface area (Å²) in [5, 5.41) is 4.94. The molecule has 2 aromatic carbocycles. The van der Waals surface area contributed by atoms with Crippen molar-refractivity contribution in [1.29, 1.82) is 0 Å². The second-order valence-electron chi connectivity index (χ2n) is 7.46. The van der Waals surface area contributed by atoms with Crippen molar-refractivity contribution < 1.29 is 14.3 Å². The normalized spacial score (nSPS) is 13.8. The van der Waals surface area contributed by atoms with E-state index in [1.165, 1.54) is 16.6 Å². The maximum absolute atomic E-state index is 13.6. The molecule has 0 bridgehead atoms. The summed E-state index contributed by atoms with van der Waals surface area (Å²) in [5.41, 5.74) is 2.32. The van der Waals surface area contributed by atoms with Crippen LogP contribution in [0.2, 0.25) is 0 Å². The van der Waals surface area contributed by atoms with E-state index in [0.29, 0.717) is 23.5 Å². The highest BCUT2D eigenvalue weighted by Crippen LogP contribution is 2.32. The third kappa shape index (κ3) is 5.11. The summed E-state index contributed by atoms with van der Waals surface area (Å²) >= 11 is 3.19. The highest BCUT2D eigenvalue weighted by atomic mass is 32.2. The lowest BCUT2D eigenvalue weighted by molar-refractivity contribution is -0.113. The Balaban J connectivity index is 1.61. The molecule has 0 spiro atoms. The molecule has 1 atom stereocenters. The van der Waals surface area contributed by atoms with Gasteiger partial charge < -0.3 is 15.0 Å². The van der Waals surface area contributed by atoms with Crippen LogP contribution in [0.4, 0.5) is 5.69 Å². The van der Waals surface area contributed by atoms with E-state index in [9.17, 15) is 9.59 Å². The summed E-state index contributed by atoms with van der Waals surface area (Å²) in [5.74, 6) is 1.11. The number of nitrogens with zero attached hydrogens (tertiary/aromatic N) is 1. The summed E-state index contributed by atoms with van der Waals surface area (Å²) in [6, 6.07) is 17.5. The molecular weight excluding hydrogens is 428 g/mol. The molecule has 7 heteroatoms. The lowest BCUT2D eigenvalue weighted by Gasteiger charge is -2.30. The number of benzene rings is 2. The zero-order valence-corrected chi connectivity index (χ0v) is 19.1. The minimum atomic E-state index is -0.0486. The van der Waals surface area contributed by atoms with Gasteiger partial charge in [-0.2, -0.15) is 0 Å². The van der Waals surface area contributed by atoms with Gasteiger partial charge in [0.25, 0.3) is 5.91 Å². The molecule has 5 nitrogen and oxygen atoms in total. The van der Waals surface area contributed by atoms with Gasteiger partial charge in [0, 0.05) is 34.3 Å². The van der Waals surface area contributed by atoms with Crippen LogP contribution >= 0.6 is 23.1 Å². The van der Waals surface area contributed by atoms with Gasteiger partial charge in [-0.25, -0.2) is 0 Å². The maximum Gasteiger partial charge on any atom is 0.254 e. The molecule has 0 saturated heterocycles. The van der Waals surface area contributed by atoms with Gasteiger partial charge >= 0.3 is 0 Å². The van der Waals surface area contributed by atoms with Crippen molar-refractivity contribution in [2.45, 2.75) is 30.8 Å². The van der Waals surface area contributed by atoms with Crippen LogP contribution < -0.4 is 10.1 Å². The third-order valence-electron chi connectivity index (χ3n) is 5.24. The Morgan fingerprint density at radius 3 is 2.71 bits per heavy atom. The Morgan fingerprint density at radius 2 is 2.00 bits per heavy atom. The Hall–Kier alpha value is -2.77. The molecule has 1 unspecified atom stereocenters. The number of carbonyl (C=O) groups excluding carboxylic acids is 2. The second kappa shape index (κ2) is 9.58. The monoisotopic (exact) mass is 452 g/mol. The number of ether oxygens (including phenoxy) is 1. The van der Waals surface area contributed by atoms with E-state index < -0.39 is 0 Å². The number of hydrogen-bond acceptors (Lipinski definition) is 5. The van der Waals surface area contributed by atoms with Crippen molar-refractivity contribution in [2.75, 3.05) is 18.2 Å². The first-order valence-corrected chi connectivity index (χ1v) is 11.9. The van der Waals surface area contributed by atoms with Crippen molar-refractivity contribution in [3.05, 3.63) is 76.0 Å². The number of rotatable bonds is 7. The van der Waals surface area contributed by atoms with E-state index in [0.717, 1.165) is 22.6 Å². The van der Waals surface area contributed by atoms with Gasteiger partial charge in [0.05, 0.1) is 18.6 Å². The maximum atomic E-state index is 13.6. The Bertz CT molecular complexity index is 1060. The molecule has 0 radical (unpaired) electrons. The molecule has 0 aliphatic carbocycles. The zero-order valence-electron chi connectivity index (χ0n) is 17.5. The SMILES string of the molecule is COc1ccc(CN(C(=O)c2ccc3c(c2)NC(=O)CS3)C(C)Cc2cccs2)cc1. The van der Waals surface area contributed by atoms with E-state index in [2.05, 4.69) is 23.7 Å². The fraction of sp³-hybridized carbons (Fsp3) is 0.250. The fourth-order valence-electron chi connectivity index (χ4n) is 3.57. The summed E-state index contributed by atoms with van der Waals surface area (Å²) in [4.78, 5) is 29.5. The van der Waals surface area contributed by atoms with E-state index in [-0.39, 0.29) is 17.9 Å². The molecular formula is C24H24N2O3S2. The topological polar surface area (TPSA) is 58.6 Å². The highest BCUT2D eigenvalue weighted by molar-refractivity contribution is 8.00. The number of carbonyl (C=O) groups is 2. The minimum Gasteiger partial charge on any atom is -0.497 e. The van der Waals surface area contributed by atoms with Crippen molar-refractivity contribution in [2.24, 2.45) is 0 Å². The second-order valence-corrected chi connectivity index (χ2v) is 9.51. The number of amides is 2. The molecule has 2 amide bonds. The largest absolute Gasteiger partial charge is 0.497 e. The molecule has 0 saturated carbocycles. The first kappa shape index (κ1) is 21.5. The predicted octanol–water partition coefficient (Wildman–Crippen LogP) is 5.07. The van der Waals surface area contributed by atoms with Crippen LogP contribution in [0.25, 0.3) is 0 Å². The number of thiophene rings is 1. The standard InChI is InChI=1S/C24H24N2O3S2/c1-16(12-20-4-3-11-30-20)26(14-17-5-8-19(29-2)9-6-17)24(28)18-7-10-22-21(13-18)25-23(27)15-31-22/h3-11,13,16H,12,14-15H2,1-2H3,(H,25,27). The van der Waals surface area contributed by atoms with Crippen LogP contribution in [0.1, 0.15) is 27.7 Å². The van der Waals surface area contributed by atoms with E-state index in [1.807, 2.05) is 47.4 Å². The lowest BCUT2D eigenvalue weighted by Crippen LogP contribution is -2.39. The average Bonchev–Trinajstić information content (AvgIpc) is 3.29. The van der Waals surface area contributed by atoms with Crippen molar-refractivity contribution in [1.82, 2.24) is 4.90 Å². The summed E-state index contributed by atoms with van der Waals surface area (Å²) < 4.78 is 5.25. The highest BCUT2D eigenvalue weighted by Gasteiger charge is 2.24. The summed E-state index contributed by atoms with van der Waals surface area (Å²) in [6.45, 7) is 2.57. The predicted molar refractivity (Wildman–Crippen MR) is 126 cm³/mol. The number of nitrogens with one attached hydrogen (secondary N) is 1. The number of anilines is 1. The van der Waals surface area contributed by atoms with Crippen molar-refractivity contribution >= 4 is 40.6 Å². The Morgan fingerprint density at radius 1 is 1.19 bits per heavy atom. The number of fused-ring (bicyclic) bond motifs is 1. The van der Waals surface area contributed by atoms with Crippen molar-refractivity contribution in [3.8, 4) is 5.75 Å². The first-order chi connectivity index (χ1) is 15.0. The lowest BCUT2D eigenvalue weighted by atomic mass is 10.1. The van der Waals surface area contributed by atoms with Gasteiger partial charge in [0.15, 0.2) is 0 Å². The first-order valence-electron chi connectivity index (χ1n) is 10.1. The summed E-state index contributed by atoms with van der Waals surface area (Å²) in [6.07, 6.45) is 0.789. The third-order valence-corrected chi connectivity index (χ3v) is 7.21.